The van der Waals surface area contributed by atoms with Crippen molar-refractivity contribution in [3.05, 3.63) is 34.1 Å². The maximum atomic E-state index is 14.2. The monoisotopic (exact) mass is 313 g/mol. The minimum absolute atomic E-state index is 0.115. The molecule has 100 valence electrons. The molecule has 1 aromatic carbocycles. The number of benzene rings is 1. The van der Waals surface area contributed by atoms with Gasteiger partial charge in [-0.3, -0.25) is 0 Å². The number of hydrogen-bond acceptors (Lipinski definition) is 1. The zero-order valence-corrected chi connectivity index (χ0v) is 12.6. The van der Waals surface area contributed by atoms with Crippen molar-refractivity contribution in [3.8, 4) is 0 Å². The Morgan fingerprint density at radius 2 is 1.94 bits per heavy atom. The van der Waals surface area contributed by atoms with Crippen molar-refractivity contribution >= 4 is 15.9 Å². The van der Waals surface area contributed by atoms with Crippen molar-refractivity contribution < 1.29 is 4.39 Å². The van der Waals surface area contributed by atoms with Crippen molar-refractivity contribution in [2.24, 2.45) is 11.8 Å². The Morgan fingerprint density at radius 1 is 1.28 bits per heavy atom. The summed E-state index contributed by atoms with van der Waals surface area (Å²) in [4.78, 5) is 0. The molecule has 1 nitrogen and oxygen atoms in total. The molecular weight excluding hydrogens is 293 g/mol. The lowest BCUT2D eigenvalue weighted by atomic mass is 9.77. The summed E-state index contributed by atoms with van der Waals surface area (Å²) in [5, 5.41) is 3.31. The van der Waals surface area contributed by atoms with Gasteiger partial charge in [-0.15, -0.1) is 0 Å². The summed E-state index contributed by atoms with van der Waals surface area (Å²) in [5.74, 6) is 1.26. The molecule has 1 saturated carbocycles. The van der Waals surface area contributed by atoms with Gasteiger partial charge < -0.3 is 5.32 Å². The fourth-order valence-corrected chi connectivity index (χ4v) is 3.41. The topological polar surface area (TPSA) is 12.0 Å². The largest absolute Gasteiger partial charge is 0.313 e. The lowest BCUT2D eigenvalue weighted by Crippen LogP contribution is -2.29. The van der Waals surface area contributed by atoms with Gasteiger partial charge in [0.15, 0.2) is 0 Å². The Kier molecular flexibility index (Phi) is 4.79. The van der Waals surface area contributed by atoms with Crippen molar-refractivity contribution in [1.82, 2.24) is 5.32 Å². The zero-order chi connectivity index (χ0) is 13.1. The van der Waals surface area contributed by atoms with Crippen LogP contribution >= 0.6 is 15.9 Å². The van der Waals surface area contributed by atoms with Gasteiger partial charge in [-0.1, -0.05) is 31.9 Å². The molecule has 1 aliphatic carbocycles. The zero-order valence-electron chi connectivity index (χ0n) is 11.0. The third kappa shape index (κ3) is 2.94. The van der Waals surface area contributed by atoms with E-state index < -0.39 is 0 Å². The standard InChI is InChI=1S/C15H21BrFN/c1-10-6-8-11(9-7-10)15(18-2)12-4-3-5-13(16)14(12)17/h3-5,10-11,15,18H,6-9H2,1-2H3. The van der Waals surface area contributed by atoms with Gasteiger partial charge in [0.2, 0.25) is 0 Å². The first kappa shape index (κ1) is 14.0. The second kappa shape index (κ2) is 6.16. The van der Waals surface area contributed by atoms with Crippen LogP contribution in [-0.2, 0) is 0 Å². The Hall–Kier alpha value is -0.410. The average Bonchev–Trinajstić information content (AvgIpc) is 2.37. The van der Waals surface area contributed by atoms with Gasteiger partial charge in [0.05, 0.1) is 4.47 Å². The van der Waals surface area contributed by atoms with Crippen LogP contribution in [0.3, 0.4) is 0 Å². The predicted molar refractivity (Wildman–Crippen MR) is 77.0 cm³/mol. The molecule has 0 radical (unpaired) electrons. The number of hydrogen-bond donors (Lipinski definition) is 1. The summed E-state index contributed by atoms with van der Waals surface area (Å²) in [6.45, 7) is 2.31. The van der Waals surface area contributed by atoms with E-state index in [1.165, 1.54) is 25.7 Å². The molecule has 1 atom stereocenters. The van der Waals surface area contributed by atoms with E-state index in [4.69, 9.17) is 0 Å². The van der Waals surface area contributed by atoms with Crippen LogP contribution < -0.4 is 5.32 Å². The second-order valence-electron chi connectivity index (χ2n) is 5.43. The normalized spacial score (nSPS) is 26.0. The quantitative estimate of drug-likeness (QED) is 0.854. The maximum absolute atomic E-state index is 14.2. The molecule has 1 fully saturated rings. The van der Waals surface area contributed by atoms with E-state index >= 15 is 0 Å². The van der Waals surface area contributed by atoms with Gasteiger partial charge in [-0.25, -0.2) is 4.39 Å². The molecule has 18 heavy (non-hydrogen) atoms. The van der Waals surface area contributed by atoms with Crippen LogP contribution in [0.15, 0.2) is 22.7 Å². The third-order valence-electron chi connectivity index (χ3n) is 4.16. The van der Waals surface area contributed by atoms with Crippen LogP contribution in [0.1, 0.15) is 44.2 Å². The Morgan fingerprint density at radius 3 is 2.56 bits per heavy atom. The van der Waals surface area contributed by atoms with E-state index in [1.807, 2.05) is 19.2 Å². The van der Waals surface area contributed by atoms with Crippen LogP contribution in [-0.4, -0.2) is 7.05 Å². The highest BCUT2D eigenvalue weighted by atomic mass is 79.9. The van der Waals surface area contributed by atoms with Gasteiger partial charge in [0.1, 0.15) is 5.82 Å². The maximum Gasteiger partial charge on any atom is 0.142 e. The molecule has 3 heteroatoms. The average molecular weight is 314 g/mol. The number of halogens is 2. The van der Waals surface area contributed by atoms with E-state index in [-0.39, 0.29) is 11.9 Å². The molecular formula is C15H21BrFN. The van der Waals surface area contributed by atoms with Crippen LogP contribution in [0.4, 0.5) is 4.39 Å². The molecule has 0 aliphatic heterocycles. The lowest BCUT2D eigenvalue weighted by molar-refractivity contribution is 0.235. The summed E-state index contributed by atoms with van der Waals surface area (Å²) in [6, 6.07) is 5.71. The van der Waals surface area contributed by atoms with E-state index in [2.05, 4.69) is 28.2 Å². The first-order chi connectivity index (χ1) is 8.63. The van der Waals surface area contributed by atoms with E-state index in [9.17, 15) is 4.39 Å². The molecule has 0 amide bonds. The smallest absolute Gasteiger partial charge is 0.142 e. The van der Waals surface area contributed by atoms with E-state index in [1.54, 1.807) is 6.07 Å². The van der Waals surface area contributed by atoms with E-state index in [0.717, 1.165) is 11.5 Å². The fraction of sp³-hybridized carbons (Fsp3) is 0.600. The Balaban J connectivity index is 2.20. The van der Waals surface area contributed by atoms with Crippen LogP contribution in [0.2, 0.25) is 0 Å². The van der Waals surface area contributed by atoms with Gasteiger partial charge in [0.25, 0.3) is 0 Å². The molecule has 0 aromatic heterocycles. The number of nitrogens with one attached hydrogen (secondary N) is 1. The molecule has 0 saturated heterocycles. The SMILES string of the molecule is CNC(c1cccc(Br)c1F)C1CCC(C)CC1. The molecule has 1 aromatic rings. The third-order valence-corrected chi connectivity index (χ3v) is 4.77. The minimum atomic E-state index is -0.115. The summed E-state index contributed by atoms with van der Waals surface area (Å²) in [6.07, 6.45) is 4.91. The lowest BCUT2D eigenvalue weighted by Gasteiger charge is -2.33. The van der Waals surface area contributed by atoms with Gasteiger partial charge >= 0.3 is 0 Å². The fourth-order valence-electron chi connectivity index (χ4n) is 3.03. The molecule has 1 aliphatic rings. The molecule has 0 spiro atoms. The highest BCUT2D eigenvalue weighted by Gasteiger charge is 2.28. The molecule has 1 unspecified atom stereocenters. The molecule has 0 bridgehead atoms. The Bertz CT molecular complexity index is 399. The van der Waals surface area contributed by atoms with Crippen molar-refractivity contribution in [1.29, 1.82) is 0 Å². The molecule has 1 N–H and O–H groups in total. The summed E-state index contributed by atoms with van der Waals surface area (Å²) >= 11 is 3.27. The van der Waals surface area contributed by atoms with Crippen LogP contribution in [0, 0.1) is 17.7 Å². The first-order valence-corrected chi connectivity index (χ1v) is 7.54. The van der Waals surface area contributed by atoms with Crippen molar-refractivity contribution in [2.75, 3.05) is 7.05 Å². The number of rotatable bonds is 3. The van der Waals surface area contributed by atoms with Gasteiger partial charge in [-0.2, -0.15) is 0 Å². The van der Waals surface area contributed by atoms with Crippen molar-refractivity contribution in [3.63, 3.8) is 0 Å². The summed E-state index contributed by atoms with van der Waals surface area (Å²) in [5.41, 5.74) is 0.798. The van der Waals surface area contributed by atoms with E-state index in [0.29, 0.717) is 10.4 Å². The van der Waals surface area contributed by atoms with Crippen LogP contribution in [0.5, 0.6) is 0 Å². The Labute approximate surface area is 117 Å². The van der Waals surface area contributed by atoms with Crippen molar-refractivity contribution in [2.45, 2.75) is 38.6 Å². The summed E-state index contributed by atoms with van der Waals surface area (Å²) < 4.78 is 14.7. The second-order valence-corrected chi connectivity index (χ2v) is 6.28. The van der Waals surface area contributed by atoms with Crippen LogP contribution in [0.25, 0.3) is 0 Å². The highest BCUT2D eigenvalue weighted by molar-refractivity contribution is 9.10. The summed E-state index contributed by atoms with van der Waals surface area (Å²) in [7, 11) is 1.93. The van der Waals surface area contributed by atoms with Gasteiger partial charge in [0, 0.05) is 11.6 Å². The van der Waals surface area contributed by atoms with Gasteiger partial charge in [-0.05, 0) is 53.7 Å². The first-order valence-electron chi connectivity index (χ1n) is 6.74. The molecule has 0 heterocycles. The predicted octanol–water partition coefficient (Wildman–Crippen LogP) is 4.68. The minimum Gasteiger partial charge on any atom is -0.313 e. The molecule has 2 rings (SSSR count). The highest BCUT2D eigenvalue weighted by Crippen LogP contribution is 2.38.